The normalized spacial score (nSPS) is 11.2. The summed E-state index contributed by atoms with van der Waals surface area (Å²) in [6.45, 7) is 9.84. The maximum absolute atomic E-state index is 11.2. The standard InChI is InChI=1S/C21H28N4O/c1-5-22-21(24-14-19-10-9-15(2)11-16(19)3)23-13-18-7-6-8-20(12-18)25-17(4)26/h6-12H,5,13-14H2,1-4H3,(H,25,26)(H2,22,23,24). The smallest absolute Gasteiger partial charge is 0.221 e. The molecule has 2 aromatic rings. The monoisotopic (exact) mass is 352 g/mol. The van der Waals surface area contributed by atoms with Gasteiger partial charge in [0, 0.05) is 25.7 Å². The first-order valence-corrected chi connectivity index (χ1v) is 8.92. The Balaban J connectivity index is 2.03. The minimum Gasteiger partial charge on any atom is -0.357 e. The summed E-state index contributed by atoms with van der Waals surface area (Å²) in [5.74, 6) is 0.700. The Morgan fingerprint density at radius 2 is 1.88 bits per heavy atom. The van der Waals surface area contributed by atoms with Crippen molar-refractivity contribution in [2.24, 2.45) is 4.99 Å². The van der Waals surface area contributed by atoms with Gasteiger partial charge < -0.3 is 16.0 Å². The van der Waals surface area contributed by atoms with Gasteiger partial charge in [0.2, 0.25) is 5.91 Å². The predicted octanol–water partition coefficient (Wildman–Crippen LogP) is 3.52. The molecular formula is C21H28N4O. The molecule has 5 heteroatoms. The number of anilines is 1. The Labute approximate surface area is 155 Å². The topological polar surface area (TPSA) is 65.5 Å². The van der Waals surface area contributed by atoms with Crippen LogP contribution in [0, 0.1) is 13.8 Å². The van der Waals surface area contributed by atoms with Crippen LogP contribution in [0.25, 0.3) is 0 Å². The van der Waals surface area contributed by atoms with Crippen molar-refractivity contribution in [1.29, 1.82) is 0 Å². The minimum atomic E-state index is -0.0749. The number of aryl methyl sites for hydroxylation is 2. The van der Waals surface area contributed by atoms with Crippen LogP contribution in [-0.4, -0.2) is 18.4 Å². The van der Waals surface area contributed by atoms with Gasteiger partial charge >= 0.3 is 0 Å². The summed E-state index contributed by atoms with van der Waals surface area (Å²) < 4.78 is 0. The van der Waals surface area contributed by atoms with Crippen molar-refractivity contribution in [2.75, 3.05) is 11.9 Å². The number of hydrogen-bond acceptors (Lipinski definition) is 2. The van der Waals surface area contributed by atoms with Gasteiger partial charge in [0.1, 0.15) is 0 Å². The molecule has 2 rings (SSSR count). The van der Waals surface area contributed by atoms with Gasteiger partial charge in [-0.15, -0.1) is 0 Å². The number of nitrogens with one attached hydrogen (secondary N) is 3. The highest BCUT2D eigenvalue weighted by molar-refractivity contribution is 5.88. The van der Waals surface area contributed by atoms with Crippen LogP contribution in [0.2, 0.25) is 0 Å². The zero-order chi connectivity index (χ0) is 18.9. The van der Waals surface area contributed by atoms with E-state index < -0.39 is 0 Å². The third kappa shape index (κ3) is 6.24. The van der Waals surface area contributed by atoms with E-state index in [9.17, 15) is 4.79 Å². The van der Waals surface area contributed by atoms with E-state index in [-0.39, 0.29) is 5.91 Å². The molecule has 3 N–H and O–H groups in total. The zero-order valence-corrected chi connectivity index (χ0v) is 16.0. The number of aliphatic imine (C=N–C) groups is 1. The van der Waals surface area contributed by atoms with E-state index in [2.05, 4.69) is 53.0 Å². The van der Waals surface area contributed by atoms with E-state index >= 15 is 0 Å². The molecular weight excluding hydrogens is 324 g/mol. The van der Waals surface area contributed by atoms with Crippen LogP contribution in [0.1, 0.15) is 36.1 Å². The fourth-order valence-electron chi connectivity index (χ4n) is 2.69. The van der Waals surface area contributed by atoms with Crippen molar-refractivity contribution in [2.45, 2.75) is 40.8 Å². The van der Waals surface area contributed by atoms with E-state index in [4.69, 9.17) is 0 Å². The fourth-order valence-corrected chi connectivity index (χ4v) is 2.69. The zero-order valence-electron chi connectivity index (χ0n) is 16.0. The summed E-state index contributed by atoms with van der Waals surface area (Å²) in [7, 11) is 0. The minimum absolute atomic E-state index is 0.0749. The first-order chi connectivity index (χ1) is 12.5. The van der Waals surface area contributed by atoms with Crippen LogP contribution in [0.5, 0.6) is 0 Å². The van der Waals surface area contributed by atoms with Gasteiger partial charge in [0.25, 0.3) is 0 Å². The van der Waals surface area contributed by atoms with Gasteiger partial charge in [-0.25, -0.2) is 4.99 Å². The van der Waals surface area contributed by atoms with Gasteiger partial charge in [-0.2, -0.15) is 0 Å². The summed E-state index contributed by atoms with van der Waals surface area (Å²) >= 11 is 0. The highest BCUT2D eigenvalue weighted by atomic mass is 16.1. The maximum atomic E-state index is 11.2. The second-order valence-corrected chi connectivity index (χ2v) is 6.36. The number of nitrogens with zero attached hydrogens (tertiary/aromatic N) is 1. The van der Waals surface area contributed by atoms with Gasteiger partial charge in [-0.3, -0.25) is 4.79 Å². The van der Waals surface area contributed by atoms with E-state index in [0.717, 1.165) is 30.3 Å². The van der Waals surface area contributed by atoms with Crippen LogP contribution in [0.15, 0.2) is 47.5 Å². The van der Waals surface area contributed by atoms with Crippen molar-refractivity contribution in [1.82, 2.24) is 10.6 Å². The molecule has 0 aliphatic heterocycles. The van der Waals surface area contributed by atoms with Crippen molar-refractivity contribution in [3.63, 3.8) is 0 Å². The molecule has 0 heterocycles. The predicted molar refractivity (Wildman–Crippen MR) is 108 cm³/mol. The maximum Gasteiger partial charge on any atom is 0.221 e. The molecule has 0 saturated carbocycles. The number of rotatable bonds is 6. The fraction of sp³-hybridized carbons (Fsp3) is 0.333. The lowest BCUT2D eigenvalue weighted by Crippen LogP contribution is -2.36. The van der Waals surface area contributed by atoms with Crippen molar-refractivity contribution < 1.29 is 4.79 Å². The second-order valence-electron chi connectivity index (χ2n) is 6.36. The molecule has 26 heavy (non-hydrogen) atoms. The SMILES string of the molecule is CCNC(=NCc1cccc(NC(C)=O)c1)NCc1ccc(C)cc1C. The Kier molecular flexibility index (Phi) is 7.21. The Bertz CT molecular complexity index is 783. The Morgan fingerprint density at radius 3 is 2.58 bits per heavy atom. The highest BCUT2D eigenvalue weighted by Gasteiger charge is 2.02. The lowest BCUT2D eigenvalue weighted by Gasteiger charge is -2.13. The molecule has 0 bridgehead atoms. The number of hydrogen-bond donors (Lipinski definition) is 3. The average Bonchev–Trinajstić information content (AvgIpc) is 2.58. The van der Waals surface area contributed by atoms with E-state index in [0.29, 0.717) is 6.54 Å². The van der Waals surface area contributed by atoms with Gasteiger partial charge in [0.15, 0.2) is 5.96 Å². The quantitative estimate of drug-likeness (QED) is 0.550. The lowest BCUT2D eigenvalue weighted by atomic mass is 10.1. The lowest BCUT2D eigenvalue weighted by molar-refractivity contribution is -0.114. The average molecular weight is 352 g/mol. The van der Waals surface area contributed by atoms with Crippen molar-refractivity contribution >= 4 is 17.6 Å². The number of amides is 1. The van der Waals surface area contributed by atoms with Crippen LogP contribution in [-0.2, 0) is 17.9 Å². The largest absolute Gasteiger partial charge is 0.357 e. The molecule has 5 nitrogen and oxygen atoms in total. The van der Waals surface area contributed by atoms with E-state index in [1.807, 2.05) is 31.2 Å². The molecule has 0 fully saturated rings. The number of carbonyl (C=O) groups is 1. The van der Waals surface area contributed by atoms with Gasteiger partial charge in [-0.1, -0.05) is 35.9 Å². The van der Waals surface area contributed by atoms with Crippen molar-refractivity contribution in [3.8, 4) is 0 Å². The van der Waals surface area contributed by atoms with E-state index in [1.165, 1.54) is 23.6 Å². The third-order valence-corrected chi connectivity index (χ3v) is 3.96. The van der Waals surface area contributed by atoms with Gasteiger partial charge in [0.05, 0.1) is 6.54 Å². The van der Waals surface area contributed by atoms with E-state index in [1.54, 1.807) is 0 Å². The van der Waals surface area contributed by atoms with Gasteiger partial charge in [-0.05, 0) is 49.6 Å². The summed E-state index contributed by atoms with van der Waals surface area (Å²) in [4.78, 5) is 15.8. The van der Waals surface area contributed by atoms with Crippen LogP contribution < -0.4 is 16.0 Å². The highest BCUT2D eigenvalue weighted by Crippen LogP contribution is 2.12. The molecule has 138 valence electrons. The molecule has 0 unspecified atom stereocenters. The van der Waals surface area contributed by atoms with Crippen molar-refractivity contribution in [3.05, 3.63) is 64.7 Å². The van der Waals surface area contributed by atoms with Crippen LogP contribution in [0.3, 0.4) is 0 Å². The first kappa shape index (κ1) is 19.5. The molecule has 0 radical (unpaired) electrons. The third-order valence-electron chi connectivity index (χ3n) is 3.96. The molecule has 0 aliphatic rings. The number of benzene rings is 2. The molecule has 0 aliphatic carbocycles. The summed E-state index contributed by atoms with van der Waals surface area (Å²) in [5.41, 5.74) is 5.63. The Morgan fingerprint density at radius 1 is 1.08 bits per heavy atom. The molecule has 0 atom stereocenters. The summed E-state index contributed by atoms with van der Waals surface area (Å²) in [6.07, 6.45) is 0. The number of carbonyl (C=O) groups excluding carboxylic acids is 1. The van der Waals surface area contributed by atoms with Crippen LogP contribution in [0.4, 0.5) is 5.69 Å². The van der Waals surface area contributed by atoms with Crippen LogP contribution >= 0.6 is 0 Å². The Hall–Kier alpha value is -2.82. The molecule has 0 saturated heterocycles. The molecule has 0 aromatic heterocycles. The summed E-state index contributed by atoms with van der Waals surface area (Å²) in [5, 5.41) is 9.45. The second kappa shape index (κ2) is 9.61. The number of guanidine groups is 1. The molecule has 0 spiro atoms. The summed E-state index contributed by atoms with van der Waals surface area (Å²) in [6, 6.07) is 14.2. The molecule has 1 amide bonds. The molecule has 2 aromatic carbocycles. The first-order valence-electron chi connectivity index (χ1n) is 8.92.